The van der Waals surface area contributed by atoms with Crippen LogP contribution >= 0.6 is 0 Å². The molecule has 0 unspecified atom stereocenters. The summed E-state index contributed by atoms with van der Waals surface area (Å²) in [4.78, 5) is 0. The van der Waals surface area contributed by atoms with Gasteiger partial charge in [0.05, 0.1) is 5.56 Å². The fourth-order valence-electron chi connectivity index (χ4n) is 3.01. The van der Waals surface area contributed by atoms with E-state index in [-0.39, 0.29) is 0 Å². The van der Waals surface area contributed by atoms with Crippen LogP contribution in [0.3, 0.4) is 0 Å². The number of rotatable bonds is 5. The van der Waals surface area contributed by atoms with Crippen LogP contribution < -0.4 is 5.32 Å². The van der Waals surface area contributed by atoms with Gasteiger partial charge in [-0.25, -0.2) is 0 Å². The van der Waals surface area contributed by atoms with Gasteiger partial charge in [0.25, 0.3) is 0 Å². The zero-order valence-corrected chi connectivity index (χ0v) is 12.5. The van der Waals surface area contributed by atoms with E-state index in [2.05, 4.69) is 12.2 Å². The minimum Gasteiger partial charge on any atom is -0.313 e. The quantitative estimate of drug-likeness (QED) is 0.753. The lowest BCUT2D eigenvalue weighted by atomic mass is 9.81. The van der Waals surface area contributed by atoms with Gasteiger partial charge < -0.3 is 5.32 Å². The Morgan fingerprint density at radius 2 is 1.86 bits per heavy atom. The molecule has 21 heavy (non-hydrogen) atoms. The number of halogens is 3. The molecule has 0 saturated heterocycles. The lowest BCUT2D eigenvalue weighted by molar-refractivity contribution is -0.137. The number of hydrogen-bond donors (Lipinski definition) is 1. The summed E-state index contributed by atoms with van der Waals surface area (Å²) in [6.45, 7) is 3.70. The van der Waals surface area contributed by atoms with Crippen molar-refractivity contribution < 1.29 is 13.2 Å². The molecule has 1 nitrogen and oxygen atoms in total. The van der Waals surface area contributed by atoms with Crippen LogP contribution in [-0.2, 0) is 12.7 Å². The van der Waals surface area contributed by atoms with E-state index >= 15 is 0 Å². The van der Waals surface area contributed by atoms with E-state index in [9.17, 15) is 13.2 Å². The van der Waals surface area contributed by atoms with Crippen molar-refractivity contribution in [1.82, 2.24) is 5.32 Å². The lowest BCUT2D eigenvalue weighted by Gasteiger charge is -2.26. The minimum absolute atomic E-state index is 0.507. The third kappa shape index (κ3) is 5.34. The first kappa shape index (κ1) is 16.3. The van der Waals surface area contributed by atoms with Crippen LogP contribution in [0.4, 0.5) is 13.2 Å². The molecule has 0 aliphatic heterocycles. The Hall–Kier alpha value is -1.03. The molecule has 2 rings (SSSR count). The van der Waals surface area contributed by atoms with Gasteiger partial charge in [-0.05, 0) is 36.4 Å². The van der Waals surface area contributed by atoms with E-state index in [4.69, 9.17) is 0 Å². The molecule has 1 aliphatic carbocycles. The van der Waals surface area contributed by atoms with Gasteiger partial charge in [0, 0.05) is 6.54 Å². The summed E-state index contributed by atoms with van der Waals surface area (Å²) in [7, 11) is 0. The van der Waals surface area contributed by atoms with Crippen molar-refractivity contribution in [2.45, 2.75) is 51.7 Å². The third-order valence-corrected chi connectivity index (χ3v) is 4.45. The molecule has 4 heteroatoms. The largest absolute Gasteiger partial charge is 0.416 e. The van der Waals surface area contributed by atoms with Crippen molar-refractivity contribution in [3.8, 4) is 0 Å². The van der Waals surface area contributed by atoms with Crippen molar-refractivity contribution in [2.75, 3.05) is 6.54 Å². The highest BCUT2D eigenvalue weighted by Gasteiger charge is 2.30. The molecule has 0 aromatic heterocycles. The molecule has 1 fully saturated rings. The van der Waals surface area contributed by atoms with Crippen molar-refractivity contribution in [2.24, 2.45) is 11.8 Å². The number of nitrogens with one attached hydrogen (secondary N) is 1. The first-order valence-corrected chi connectivity index (χ1v) is 7.82. The molecule has 0 heterocycles. The van der Waals surface area contributed by atoms with Crippen molar-refractivity contribution in [3.05, 3.63) is 35.4 Å². The maximum Gasteiger partial charge on any atom is 0.416 e. The first-order valence-electron chi connectivity index (χ1n) is 7.82. The molecule has 0 bridgehead atoms. The Labute approximate surface area is 124 Å². The number of hydrogen-bond acceptors (Lipinski definition) is 1. The second-order valence-electron chi connectivity index (χ2n) is 6.29. The van der Waals surface area contributed by atoms with E-state index < -0.39 is 11.7 Å². The number of alkyl halides is 3. The summed E-state index contributed by atoms with van der Waals surface area (Å²) in [5.74, 6) is 1.65. The Kier molecular flexibility index (Phi) is 5.68. The van der Waals surface area contributed by atoms with Gasteiger partial charge in [0.15, 0.2) is 0 Å². The summed E-state index contributed by atoms with van der Waals surface area (Å²) in [6, 6.07) is 5.56. The predicted molar refractivity (Wildman–Crippen MR) is 78.9 cm³/mol. The molecule has 118 valence electrons. The van der Waals surface area contributed by atoms with E-state index in [0.29, 0.717) is 12.1 Å². The summed E-state index contributed by atoms with van der Waals surface area (Å²) in [5, 5.41) is 3.27. The van der Waals surface area contributed by atoms with Crippen LogP contribution in [0.25, 0.3) is 0 Å². The standard InChI is InChI=1S/C17H24F3N/c1-13-5-7-14(8-6-13)9-10-21-12-15-3-2-4-16(11-15)17(18,19)20/h2-4,11,13-14,21H,5-10,12H2,1H3. The third-order valence-electron chi connectivity index (χ3n) is 4.45. The summed E-state index contributed by atoms with van der Waals surface area (Å²) in [5.41, 5.74) is 0.130. The maximum absolute atomic E-state index is 12.6. The monoisotopic (exact) mass is 299 g/mol. The fourth-order valence-corrected chi connectivity index (χ4v) is 3.01. The van der Waals surface area contributed by atoms with E-state index in [0.717, 1.165) is 30.9 Å². The van der Waals surface area contributed by atoms with E-state index in [1.807, 2.05) is 0 Å². The highest BCUT2D eigenvalue weighted by molar-refractivity contribution is 5.25. The van der Waals surface area contributed by atoms with Gasteiger partial charge in [-0.1, -0.05) is 50.8 Å². The normalized spacial score (nSPS) is 23.2. The van der Waals surface area contributed by atoms with Gasteiger partial charge in [-0.2, -0.15) is 13.2 Å². The van der Waals surface area contributed by atoms with E-state index in [1.165, 1.54) is 37.8 Å². The predicted octanol–water partition coefficient (Wildman–Crippen LogP) is 5.01. The molecule has 0 spiro atoms. The first-order chi connectivity index (χ1) is 9.95. The van der Waals surface area contributed by atoms with E-state index in [1.54, 1.807) is 6.07 Å². The topological polar surface area (TPSA) is 12.0 Å². The van der Waals surface area contributed by atoms with Crippen molar-refractivity contribution in [3.63, 3.8) is 0 Å². The Morgan fingerprint density at radius 3 is 2.52 bits per heavy atom. The van der Waals surface area contributed by atoms with Crippen LogP contribution in [0.15, 0.2) is 24.3 Å². The average molecular weight is 299 g/mol. The van der Waals surface area contributed by atoms with Crippen LogP contribution in [0, 0.1) is 11.8 Å². The van der Waals surface area contributed by atoms with Crippen molar-refractivity contribution >= 4 is 0 Å². The van der Waals surface area contributed by atoms with Gasteiger partial charge in [0.2, 0.25) is 0 Å². The minimum atomic E-state index is -4.26. The molecule has 1 saturated carbocycles. The maximum atomic E-state index is 12.6. The van der Waals surface area contributed by atoms with Gasteiger partial charge >= 0.3 is 6.18 Å². The molecule has 1 aliphatic rings. The smallest absolute Gasteiger partial charge is 0.313 e. The zero-order chi connectivity index (χ0) is 15.3. The molecular weight excluding hydrogens is 275 g/mol. The van der Waals surface area contributed by atoms with Gasteiger partial charge in [0.1, 0.15) is 0 Å². The molecule has 0 radical (unpaired) electrons. The molecule has 0 atom stereocenters. The second-order valence-corrected chi connectivity index (χ2v) is 6.29. The summed E-state index contributed by atoms with van der Waals surface area (Å²) < 4.78 is 37.8. The van der Waals surface area contributed by atoms with Crippen LogP contribution in [-0.4, -0.2) is 6.54 Å². The second kappa shape index (κ2) is 7.30. The Bertz CT molecular complexity index is 434. The average Bonchev–Trinajstić information content (AvgIpc) is 2.45. The van der Waals surface area contributed by atoms with Gasteiger partial charge in [-0.3, -0.25) is 0 Å². The fraction of sp³-hybridized carbons (Fsp3) is 0.647. The SMILES string of the molecule is CC1CCC(CCNCc2cccc(C(F)(F)F)c2)CC1. The molecule has 0 amide bonds. The summed E-state index contributed by atoms with van der Waals surface area (Å²) in [6.07, 6.45) is 2.11. The Morgan fingerprint density at radius 1 is 1.14 bits per heavy atom. The van der Waals surface area contributed by atoms with Crippen molar-refractivity contribution in [1.29, 1.82) is 0 Å². The molecule has 1 N–H and O–H groups in total. The van der Waals surface area contributed by atoms with Crippen LogP contribution in [0.5, 0.6) is 0 Å². The summed E-state index contributed by atoms with van der Waals surface area (Å²) >= 11 is 0. The lowest BCUT2D eigenvalue weighted by Crippen LogP contribution is -2.20. The van der Waals surface area contributed by atoms with Gasteiger partial charge in [-0.15, -0.1) is 0 Å². The highest BCUT2D eigenvalue weighted by Crippen LogP contribution is 2.30. The zero-order valence-electron chi connectivity index (χ0n) is 12.5. The molecule has 1 aromatic carbocycles. The molecular formula is C17H24F3N. The van der Waals surface area contributed by atoms with Crippen LogP contribution in [0.1, 0.15) is 50.2 Å². The number of benzene rings is 1. The Balaban J connectivity index is 1.71. The molecule has 1 aromatic rings. The highest BCUT2D eigenvalue weighted by atomic mass is 19.4. The van der Waals surface area contributed by atoms with Crippen LogP contribution in [0.2, 0.25) is 0 Å².